The third kappa shape index (κ3) is 1.49. The first-order valence-electron chi connectivity index (χ1n) is 5.17. The molecule has 15 heavy (non-hydrogen) atoms. The SMILES string of the molecule is CC(C)n1c(CN)cc2c(O)cccc21. The lowest BCUT2D eigenvalue weighted by molar-refractivity contribution is 0.481. The second-order valence-electron chi connectivity index (χ2n) is 4.01. The summed E-state index contributed by atoms with van der Waals surface area (Å²) in [5.41, 5.74) is 7.80. The van der Waals surface area contributed by atoms with E-state index < -0.39 is 0 Å². The molecule has 1 aromatic heterocycles. The standard InChI is InChI=1S/C12H16N2O/c1-8(2)14-9(7-13)6-10-11(14)4-3-5-12(10)15/h3-6,8,15H,7,13H2,1-2H3. The smallest absolute Gasteiger partial charge is 0.124 e. The summed E-state index contributed by atoms with van der Waals surface area (Å²) in [5.74, 6) is 0.321. The number of hydrogen-bond donors (Lipinski definition) is 2. The van der Waals surface area contributed by atoms with Crippen LogP contribution in [0.4, 0.5) is 0 Å². The van der Waals surface area contributed by atoms with Crippen LogP contribution >= 0.6 is 0 Å². The second kappa shape index (κ2) is 3.59. The molecule has 0 aliphatic rings. The number of benzene rings is 1. The summed E-state index contributed by atoms with van der Waals surface area (Å²) in [6, 6.07) is 7.88. The van der Waals surface area contributed by atoms with Crippen LogP contribution in [0.2, 0.25) is 0 Å². The van der Waals surface area contributed by atoms with E-state index in [1.807, 2.05) is 18.2 Å². The van der Waals surface area contributed by atoms with Gasteiger partial charge in [-0.25, -0.2) is 0 Å². The van der Waals surface area contributed by atoms with Gasteiger partial charge in [-0.05, 0) is 32.0 Å². The molecule has 0 aliphatic heterocycles. The van der Waals surface area contributed by atoms with Crippen molar-refractivity contribution in [3.05, 3.63) is 30.0 Å². The summed E-state index contributed by atoms with van der Waals surface area (Å²) in [6.07, 6.45) is 0. The zero-order chi connectivity index (χ0) is 11.0. The van der Waals surface area contributed by atoms with Gasteiger partial charge in [-0.3, -0.25) is 0 Å². The molecule has 0 unspecified atom stereocenters. The van der Waals surface area contributed by atoms with Crippen LogP contribution in [0.15, 0.2) is 24.3 Å². The predicted molar refractivity (Wildman–Crippen MR) is 61.9 cm³/mol. The van der Waals surface area contributed by atoms with Gasteiger partial charge in [0.25, 0.3) is 0 Å². The molecule has 3 nitrogen and oxygen atoms in total. The van der Waals surface area contributed by atoms with Crippen LogP contribution in [0.1, 0.15) is 25.6 Å². The Morgan fingerprint density at radius 2 is 2.13 bits per heavy atom. The number of rotatable bonds is 2. The normalized spacial score (nSPS) is 11.5. The molecule has 0 fully saturated rings. The van der Waals surface area contributed by atoms with Crippen LogP contribution in [0, 0.1) is 0 Å². The van der Waals surface area contributed by atoms with Crippen LogP contribution in [0.3, 0.4) is 0 Å². The summed E-state index contributed by atoms with van der Waals surface area (Å²) in [6.45, 7) is 4.72. The Balaban J connectivity index is 2.80. The van der Waals surface area contributed by atoms with E-state index in [0.29, 0.717) is 18.3 Å². The van der Waals surface area contributed by atoms with Crippen molar-refractivity contribution in [1.82, 2.24) is 4.57 Å². The second-order valence-corrected chi connectivity index (χ2v) is 4.01. The lowest BCUT2D eigenvalue weighted by atomic mass is 10.2. The highest BCUT2D eigenvalue weighted by molar-refractivity contribution is 5.87. The van der Waals surface area contributed by atoms with Crippen molar-refractivity contribution in [3.63, 3.8) is 0 Å². The number of nitrogens with two attached hydrogens (primary N) is 1. The van der Waals surface area contributed by atoms with E-state index >= 15 is 0 Å². The maximum atomic E-state index is 9.73. The number of aromatic nitrogens is 1. The average molecular weight is 204 g/mol. The molecule has 3 heteroatoms. The molecule has 80 valence electrons. The van der Waals surface area contributed by atoms with Crippen molar-refractivity contribution < 1.29 is 5.11 Å². The Kier molecular flexibility index (Phi) is 2.40. The van der Waals surface area contributed by atoms with Gasteiger partial charge in [0.2, 0.25) is 0 Å². The van der Waals surface area contributed by atoms with Crippen molar-refractivity contribution in [2.24, 2.45) is 5.73 Å². The molecular weight excluding hydrogens is 188 g/mol. The third-order valence-corrected chi connectivity index (χ3v) is 2.67. The highest BCUT2D eigenvalue weighted by Crippen LogP contribution is 2.30. The Morgan fingerprint density at radius 3 is 2.73 bits per heavy atom. The van der Waals surface area contributed by atoms with Crippen molar-refractivity contribution in [3.8, 4) is 5.75 Å². The van der Waals surface area contributed by atoms with Crippen LogP contribution < -0.4 is 5.73 Å². The van der Waals surface area contributed by atoms with Gasteiger partial charge in [0.05, 0.1) is 5.52 Å². The number of hydrogen-bond acceptors (Lipinski definition) is 2. The average Bonchev–Trinajstić information content (AvgIpc) is 2.57. The van der Waals surface area contributed by atoms with E-state index in [4.69, 9.17) is 5.73 Å². The molecule has 0 amide bonds. The summed E-state index contributed by atoms with van der Waals surface area (Å²) >= 11 is 0. The molecule has 2 rings (SSSR count). The topological polar surface area (TPSA) is 51.2 Å². The van der Waals surface area contributed by atoms with E-state index in [1.165, 1.54) is 0 Å². The fourth-order valence-electron chi connectivity index (χ4n) is 2.06. The van der Waals surface area contributed by atoms with E-state index in [-0.39, 0.29) is 0 Å². The Morgan fingerprint density at radius 1 is 1.40 bits per heavy atom. The molecule has 1 aromatic carbocycles. The Bertz CT molecular complexity index is 486. The summed E-state index contributed by atoms with van der Waals surface area (Å²) in [7, 11) is 0. The Labute approximate surface area is 89.1 Å². The molecule has 0 spiro atoms. The maximum absolute atomic E-state index is 9.73. The number of phenols is 1. The first-order chi connectivity index (χ1) is 7.15. The van der Waals surface area contributed by atoms with Crippen molar-refractivity contribution in [1.29, 1.82) is 0 Å². The molecule has 3 N–H and O–H groups in total. The molecule has 0 atom stereocenters. The minimum Gasteiger partial charge on any atom is -0.507 e. The van der Waals surface area contributed by atoms with E-state index in [2.05, 4.69) is 18.4 Å². The summed E-state index contributed by atoms with van der Waals surface area (Å²) in [4.78, 5) is 0. The maximum Gasteiger partial charge on any atom is 0.124 e. The van der Waals surface area contributed by atoms with E-state index in [0.717, 1.165) is 16.6 Å². The zero-order valence-electron chi connectivity index (χ0n) is 9.07. The largest absolute Gasteiger partial charge is 0.507 e. The minimum atomic E-state index is 0.321. The number of fused-ring (bicyclic) bond motifs is 1. The Hall–Kier alpha value is -1.48. The van der Waals surface area contributed by atoms with Gasteiger partial charge in [0.1, 0.15) is 5.75 Å². The number of aromatic hydroxyl groups is 1. The van der Waals surface area contributed by atoms with Gasteiger partial charge in [-0.15, -0.1) is 0 Å². The van der Waals surface area contributed by atoms with Gasteiger partial charge in [0, 0.05) is 23.7 Å². The number of phenolic OH excluding ortho intramolecular Hbond substituents is 1. The third-order valence-electron chi connectivity index (χ3n) is 2.67. The van der Waals surface area contributed by atoms with Gasteiger partial charge >= 0.3 is 0 Å². The zero-order valence-corrected chi connectivity index (χ0v) is 9.07. The highest BCUT2D eigenvalue weighted by atomic mass is 16.3. The van der Waals surface area contributed by atoms with Crippen LogP contribution in [0.25, 0.3) is 10.9 Å². The fraction of sp³-hybridized carbons (Fsp3) is 0.333. The van der Waals surface area contributed by atoms with Gasteiger partial charge in [-0.1, -0.05) is 6.07 Å². The molecule has 2 aromatic rings. The molecule has 0 saturated carbocycles. The van der Waals surface area contributed by atoms with Gasteiger partial charge < -0.3 is 15.4 Å². The molecule has 0 aliphatic carbocycles. The van der Waals surface area contributed by atoms with Crippen LogP contribution in [0.5, 0.6) is 5.75 Å². The quantitative estimate of drug-likeness (QED) is 0.789. The molecular formula is C12H16N2O. The van der Waals surface area contributed by atoms with Crippen molar-refractivity contribution in [2.45, 2.75) is 26.4 Å². The van der Waals surface area contributed by atoms with Gasteiger partial charge in [0.15, 0.2) is 0 Å². The first kappa shape index (κ1) is 10.1. The highest BCUT2D eigenvalue weighted by Gasteiger charge is 2.11. The van der Waals surface area contributed by atoms with Crippen LogP contribution in [-0.4, -0.2) is 9.67 Å². The molecule has 0 bridgehead atoms. The van der Waals surface area contributed by atoms with E-state index in [9.17, 15) is 5.11 Å². The molecule has 0 saturated heterocycles. The van der Waals surface area contributed by atoms with Gasteiger partial charge in [-0.2, -0.15) is 0 Å². The number of nitrogens with zero attached hydrogens (tertiary/aromatic N) is 1. The summed E-state index contributed by atoms with van der Waals surface area (Å²) < 4.78 is 2.16. The predicted octanol–water partition coefficient (Wildman–Crippen LogP) is 2.39. The van der Waals surface area contributed by atoms with Crippen molar-refractivity contribution >= 4 is 10.9 Å². The molecule has 0 radical (unpaired) electrons. The molecule has 1 heterocycles. The first-order valence-corrected chi connectivity index (χ1v) is 5.17. The van der Waals surface area contributed by atoms with E-state index in [1.54, 1.807) is 6.07 Å². The monoisotopic (exact) mass is 204 g/mol. The fourth-order valence-corrected chi connectivity index (χ4v) is 2.06. The van der Waals surface area contributed by atoms with Crippen molar-refractivity contribution in [2.75, 3.05) is 0 Å². The summed E-state index contributed by atoms with van der Waals surface area (Å²) in [5, 5.41) is 10.6. The minimum absolute atomic E-state index is 0.321. The van der Waals surface area contributed by atoms with Crippen LogP contribution in [-0.2, 0) is 6.54 Å². The lowest BCUT2D eigenvalue weighted by Crippen LogP contribution is -2.08. The lowest BCUT2D eigenvalue weighted by Gasteiger charge is -2.13.